The summed E-state index contributed by atoms with van der Waals surface area (Å²) in [5.41, 5.74) is 2.62. The summed E-state index contributed by atoms with van der Waals surface area (Å²) in [6, 6.07) is 24.1. The summed E-state index contributed by atoms with van der Waals surface area (Å²) < 4.78 is 28.8. The number of nitrogens with one attached hydrogen (secondary N) is 1. The van der Waals surface area contributed by atoms with E-state index in [9.17, 15) is 4.79 Å². The van der Waals surface area contributed by atoms with Gasteiger partial charge in [-0.2, -0.15) is 0 Å². The number of furan rings is 1. The van der Waals surface area contributed by atoms with Gasteiger partial charge in [0.2, 0.25) is 0 Å². The third kappa shape index (κ3) is 7.68. The van der Waals surface area contributed by atoms with E-state index in [-0.39, 0.29) is 18.3 Å². The summed E-state index contributed by atoms with van der Waals surface area (Å²) in [4.78, 5) is 12.7. The van der Waals surface area contributed by atoms with Crippen molar-refractivity contribution in [2.45, 2.75) is 33.5 Å². The van der Waals surface area contributed by atoms with Gasteiger partial charge >= 0.3 is 0 Å². The highest BCUT2D eigenvalue weighted by Gasteiger charge is 2.13. The number of hydrogen-bond donors (Lipinski definition) is 1. The molecule has 0 aliphatic carbocycles. The third-order valence-electron chi connectivity index (χ3n) is 5.72. The number of rotatable bonds is 14. The lowest BCUT2D eigenvalue weighted by molar-refractivity contribution is 0.0992. The molecule has 202 valence electrons. The minimum absolute atomic E-state index is 0.203. The molecule has 7 heteroatoms. The number of benzene rings is 3. The van der Waals surface area contributed by atoms with Gasteiger partial charge in [-0.25, -0.2) is 0 Å². The lowest BCUT2D eigenvalue weighted by atomic mass is 10.1. The average molecular weight is 528 g/mol. The van der Waals surface area contributed by atoms with Gasteiger partial charge in [-0.05, 0) is 86.0 Å². The van der Waals surface area contributed by atoms with Gasteiger partial charge in [-0.3, -0.25) is 4.79 Å². The van der Waals surface area contributed by atoms with E-state index >= 15 is 0 Å². The summed E-state index contributed by atoms with van der Waals surface area (Å²) >= 11 is 0. The summed E-state index contributed by atoms with van der Waals surface area (Å²) in [6.45, 7) is 9.36. The molecular weight excluding hydrogens is 494 g/mol. The summed E-state index contributed by atoms with van der Waals surface area (Å²) in [5.74, 6) is 3.26. The van der Waals surface area contributed by atoms with Gasteiger partial charge < -0.3 is 28.7 Å². The van der Waals surface area contributed by atoms with Crippen molar-refractivity contribution in [2.75, 3.05) is 18.5 Å². The fourth-order valence-electron chi connectivity index (χ4n) is 3.87. The van der Waals surface area contributed by atoms with Crippen LogP contribution in [0.5, 0.6) is 23.0 Å². The van der Waals surface area contributed by atoms with Crippen molar-refractivity contribution in [1.82, 2.24) is 0 Å². The Bertz CT molecular complexity index is 1380. The van der Waals surface area contributed by atoms with E-state index in [1.165, 1.54) is 0 Å². The van der Waals surface area contributed by atoms with Gasteiger partial charge in [0.25, 0.3) is 5.91 Å². The highest BCUT2D eigenvalue weighted by atomic mass is 16.5. The minimum Gasteiger partial charge on any atom is -0.490 e. The largest absolute Gasteiger partial charge is 0.490 e. The van der Waals surface area contributed by atoms with Gasteiger partial charge in [0.15, 0.2) is 17.3 Å². The highest BCUT2D eigenvalue weighted by molar-refractivity contribution is 6.02. The number of allylic oxidation sites excluding steroid dienone is 1. The number of ether oxygens (including phenoxy) is 4. The standard InChI is InChI=1S/C32H33NO6/c1-4-9-24-10-7-8-11-28(24)38-22-27-17-19-30(39-27)32(34)33-25-13-15-26(16-14-25)37-21-23-12-18-29(35-5-2)31(20-23)36-6-3/h4,7-8,10-20H,1,5-6,9,21-22H2,2-3H3,(H,33,34). The van der Waals surface area contributed by atoms with Crippen molar-refractivity contribution in [3.8, 4) is 23.0 Å². The number of amides is 1. The molecule has 3 aromatic carbocycles. The second-order valence-electron chi connectivity index (χ2n) is 8.57. The van der Waals surface area contributed by atoms with Crippen molar-refractivity contribution in [3.05, 3.63) is 114 Å². The molecule has 0 bridgehead atoms. The molecule has 1 aromatic heterocycles. The smallest absolute Gasteiger partial charge is 0.291 e. The summed E-state index contributed by atoms with van der Waals surface area (Å²) in [6.07, 6.45) is 2.54. The molecule has 0 aliphatic rings. The topological polar surface area (TPSA) is 79.2 Å². The third-order valence-corrected chi connectivity index (χ3v) is 5.72. The molecule has 39 heavy (non-hydrogen) atoms. The molecule has 0 fully saturated rings. The molecule has 0 saturated heterocycles. The van der Waals surface area contributed by atoms with Crippen LogP contribution in [-0.4, -0.2) is 19.1 Å². The van der Waals surface area contributed by atoms with Crippen LogP contribution in [0.15, 0.2) is 95.9 Å². The maximum atomic E-state index is 12.7. The quantitative estimate of drug-likeness (QED) is 0.175. The molecule has 0 spiro atoms. The maximum absolute atomic E-state index is 12.7. The maximum Gasteiger partial charge on any atom is 0.291 e. The molecule has 7 nitrogen and oxygen atoms in total. The predicted octanol–water partition coefficient (Wildman–Crippen LogP) is 7.22. The van der Waals surface area contributed by atoms with E-state index < -0.39 is 0 Å². The SMILES string of the molecule is C=CCc1ccccc1OCc1ccc(C(=O)Nc2ccc(OCc3ccc(OCC)c(OCC)c3)cc2)o1. The molecule has 0 radical (unpaired) electrons. The highest BCUT2D eigenvalue weighted by Crippen LogP contribution is 2.29. The van der Waals surface area contributed by atoms with E-state index in [1.54, 1.807) is 36.4 Å². The van der Waals surface area contributed by atoms with Crippen molar-refractivity contribution in [1.29, 1.82) is 0 Å². The summed E-state index contributed by atoms with van der Waals surface area (Å²) in [5, 5.41) is 2.84. The van der Waals surface area contributed by atoms with Crippen LogP contribution < -0.4 is 24.3 Å². The Morgan fingerprint density at radius 1 is 0.821 bits per heavy atom. The van der Waals surface area contributed by atoms with E-state index in [0.29, 0.717) is 54.9 Å². The molecule has 1 heterocycles. The van der Waals surface area contributed by atoms with Crippen LogP contribution in [0.3, 0.4) is 0 Å². The van der Waals surface area contributed by atoms with Crippen molar-refractivity contribution >= 4 is 11.6 Å². The van der Waals surface area contributed by atoms with Crippen molar-refractivity contribution in [2.24, 2.45) is 0 Å². The fraction of sp³-hybridized carbons (Fsp3) is 0.219. The van der Waals surface area contributed by atoms with E-state index in [2.05, 4.69) is 11.9 Å². The van der Waals surface area contributed by atoms with Gasteiger partial charge in [0, 0.05) is 5.69 Å². The lowest BCUT2D eigenvalue weighted by Crippen LogP contribution is -2.10. The Hall–Kier alpha value is -4.65. The number of anilines is 1. The van der Waals surface area contributed by atoms with Crippen LogP contribution in [-0.2, 0) is 19.6 Å². The second-order valence-corrected chi connectivity index (χ2v) is 8.57. The first-order valence-electron chi connectivity index (χ1n) is 12.9. The Kier molecular flexibility index (Phi) is 9.67. The fourth-order valence-corrected chi connectivity index (χ4v) is 3.87. The Labute approximate surface area is 229 Å². The number of carbonyl (C=O) groups excluding carboxylic acids is 1. The monoisotopic (exact) mass is 527 g/mol. The molecule has 0 unspecified atom stereocenters. The molecule has 4 rings (SSSR count). The lowest BCUT2D eigenvalue weighted by Gasteiger charge is -2.13. The van der Waals surface area contributed by atoms with Crippen LogP contribution in [0.1, 0.15) is 41.3 Å². The van der Waals surface area contributed by atoms with Crippen molar-refractivity contribution < 1.29 is 28.2 Å². The molecule has 0 atom stereocenters. The van der Waals surface area contributed by atoms with Gasteiger partial charge in [0.1, 0.15) is 30.5 Å². The molecular formula is C32H33NO6. The van der Waals surface area contributed by atoms with E-state index in [0.717, 1.165) is 16.9 Å². The number of para-hydroxylation sites is 1. The number of hydrogen-bond acceptors (Lipinski definition) is 6. The molecule has 4 aromatic rings. The molecule has 0 aliphatic heterocycles. The van der Waals surface area contributed by atoms with Crippen LogP contribution in [0.4, 0.5) is 5.69 Å². The van der Waals surface area contributed by atoms with Gasteiger partial charge in [0.05, 0.1) is 13.2 Å². The van der Waals surface area contributed by atoms with E-state index in [4.69, 9.17) is 23.4 Å². The molecule has 0 saturated carbocycles. The van der Waals surface area contributed by atoms with Gasteiger partial charge in [-0.15, -0.1) is 6.58 Å². The molecule has 1 N–H and O–H groups in total. The number of carbonyl (C=O) groups is 1. The Balaban J connectivity index is 1.29. The van der Waals surface area contributed by atoms with Crippen LogP contribution in [0.2, 0.25) is 0 Å². The summed E-state index contributed by atoms with van der Waals surface area (Å²) in [7, 11) is 0. The average Bonchev–Trinajstić information content (AvgIpc) is 3.43. The Morgan fingerprint density at radius 3 is 2.36 bits per heavy atom. The predicted molar refractivity (Wildman–Crippen MR) is 151 cm³/mol. The minimum atomic E-state index is -0.347. The van der Waals surface area contributed by atoms with Crippen LogP contribution in [0, 0.1) is 0 Å². The van der Waals surface area contributed by atoms with Crippen LogP contribution in [0.25, 0.3) is 0 Å². The Morgan fingerprint density at radius 2 is 1.59 bits per heavy atom. The normalized spacial score (nSPS) is 10.5. The van der Waals surface area contributed by atoms with Crippen LogP contribution >= 0.6 is 0 Å². The van der Waals surface area contributed by atoms with E-state index in [1.807, 2.05) is 62.4 Å². The first kappa shape index (κ1) is 27.4. The zero-order valence-corrected chi connectivity index (χ0v) is 22.3. The zero-order chi connectivity index (χ0) is 27.5. The molecule has 1 amide bonds. The zero-order valence-electron chi connectivity index (χ0n) is 22.3. The first-order chi connectivity index (χ1) is 19.1. The van der Waals surface area contributed by atoms with Gasteiger partial charge in [-0.1, -0.05) is 30.3 Å². The first-order valence-corrected chi connectivity index (χ1v) is 12.9. The van der Waals surface area contributed by atoms with Crippen molar-refractivity contribution in [3.63, 3.8) is 0 Å². The second kappa shape index (κ2) is 13.8.